The molecule has 2 aliphatic carbocycles. The molecule has 0 aromatic heterocycles. The van der Waals surface area contributed by atoms with Gasteiger partial charge in [-0.25, -0.2) is 0 Å². The minimum absolute atomic E-state index is 0.0502. The SMILES string of the molecule is CC.CC(C)C(C)N(C)C.CCC(C)C(C(CC)OC)N(C)C(=O)CC(C)C.CNCC(=O)NCC=O.CNCC(=O)NCOC(C1=CCCC=C1)[C@@H](C)NC(=O)CC(OC)C1CC2C(C)C2N1C=O.CNCC=O.Cc1ccccc1.NC=O.O=COCc1ccccc1. The minimum Gasteiger partial charge on any atom is -0.463 e. The zero-order chi connectivity index (χ0) is 73.3. The summed E-state index contributed by atoms with van der Waals surface area (Å²) in [6.07, 6.45) is 13.7. The van der Waals surface area contributed by atoms with E-state index >= 15 is 0 Å². The highest BCUT2D eigenvalue weighted by molar-refractivity contribution is 5.80. The van der Waals surface area contributed by atoms with Crippen molar-refractivity contribution in [2.24, 2.45) is 35.3 Å². The van der Waals surface area contributed by atoms with Crippen LogP contribution in [-0.2, 0) is 68.7 Å². The number of ether oxygens (including phenoxy) is 4. The number of hydrogen-bond acceptors (Lipinski definition) is 17. The Hall–Kier alpha value is -6.73. The summed E-state index contributed by atoms with van der Waals surface area (Å²) in [6.45, 7) is 29.4. The summed E-state index contributed by atoms with van der Waals surface area (Å²) in [7, 11) is 14.6. The number of likely N-dealkylation sites (tertiary alicyclic amines) is 1. The summed E-state index contributed by atoms with van der Waals surface area (Å²) in [6, 6.07) is 20.6. The maximum Gasteiger partial charge on any atom is 0.293 e. The predicted octanol–water partition coefficient (Wildman–Crippen LogP) is 7.05. The number of nitrogens with two attached hydrogens (primary N) is 1. The number of amides is 6. The van der Waals surface area contributed by atoms with Crippen molar-refractivity contribution in [3.8, 4) is 0 Å². The number of methoxy groups -OCH3 is 2. The Morgan fingerprint density at radius 1 is 0.737 bits per heavy atom. The topological polar surface area (TPSA) is 298 Å². The van der Waals surface area contributed by atoms with E-state index in [1.807, 2.05) is 92.2 Å². The van der Waals surface area contributed by atoms with Crippen LogP contribution >= 0.6 is 0 Å². The molecule has 11 atom stereocenters. The lowest BCUT2D eigenvalue weighted by molar-refractivity contribution is -0.137. The van der Waals surface area contributed by atoms with Crippen molar-refractivity contribution in [2.45, 2.75) is 190 Å². The van der Waals surface area contributed by atoms with Crippen LogP contribution in [0.1, 0.15) is 139 Å². The van der Waals surface area contributed by atoms with Crippen molar-refractivity contribution >= 4 is 55.5 Å². The smallest absolute Gasteiger partial charge is 0.293 e. The molecular weight excluding hydrogens is 1210 g/mol. The van der Waals surface area contributed by atoms with Crippen molar-refractivity contribution < 1.29 is 62.1 Å². The molecule has 95 heavy (non-hydrogen) atoms. The lowest BCUT2D eigenvalue weighted by Gasteiger charge is -2.37. The molecular formula is C72H128N10O13. The van der Waals surface area contributed by atoms with Crippen LogP contribution in [0.5, 0.6) is 0 Å². The van der Waals surface area contributed by atoms with Gasteiger partial charge >= 0.3 is 0 Å². The molecule has 0 spiro atoms. The molecule has 0 bridgehead atoms. The van der Waals surface area contributed by atoms with Gasteiger partial charge in [0.05, 0.1) is 62.9 Å². The molecule has 2 aromatic rings. The Morgan fingerprint density at radius 2 is 1.29 bits per heavy atom. The fourth-order valence-electron chi connectivity index (χ4n) is 9.98. The van der Waals surface area contributed by atoms with Crippen molar-refractivity contribution in [3.63, 3.8) is 0 Å². The molecule has 1 aliphatic heterocycles. The number of allylic oxidation sites excluding steroid dienone is 2. The average molecular weight is 1340 g/mol. The van der Waals surface area contributed by atoms with E-state index in [2.05, 4.69) is 155 Å². The Kier molecular flexibility index (Phi) is 60.7. The van der Waals surface area contributed by atoms with E-state index < -0.39 is 6.10 Å². The zero-order valence-electron chi connectivity index (χ0n) is 61.8. The number of piperidine rings is 1. The first-order valence-electron chi connectivity index (χ1n) is 33.4. The molecule has 23 heteroatoms. The van der Waals surface area contributed by atoms with Gasteiger partial charge < -0.3 is 80.9 Å². The minimum atomic E-state index is -0.396. The summed E-state index contributed by atoms with van der Waals surface area (Å²) >= 11 is 0. The van der Waals surface area contributed by atoms with E-state index in [0.29, 0.717) is 62.0 Å². The molecule has 1 saturated heterocycles. The molecule has 1 saturated carbocycles. The number of aldehydes is 2. The Morgan fingerprint density at radius 3 is 1.68 bits per heavy atom. The number of hydrogen-bond donors (Lipinski definition) is 7. The highest BCUT2D eigenvalue weighted by Crippen LogP contribution is 2.53. The van der Waals surface area contributed by atoms with E-state index in [9.17, 15) is 38.4 Å². The predicted molar refractivity (Wildman–Crippen MR) is 382 cm³/mol. The molecule has 2 fully saturated rings. The van der Waals surface area contributed by atoms with Gasteiger partial charge in [0, 0.05) is 39.8 Å². The highest BCUT2D eigenvalue weighted by atomic mass is 16.5. The molecule has 23 nitrogen and oxygen atoms in total. The summed E-state index contributed by atoms with van der Waals surface area (Å²) < 4.78 is 21.7. The van der Waals surface area contributed by atoms with Gasteiger partial charge in [0.15, 0.2) is 0 Å². The summed E-state index contributed by atoms with van der Waals surface area (Å²) in [5.74, 6) is 2.42. The quantitative estimate of drug-likeness (QED) is 0.0285. The standard InChI is InChI=1S/C24H38N4O5.C15H31NO2.C8H8O2.C7H17N.C7H8.C5H10N2O2.C3H7NO.C2H6.CH3NO/c1-15-18-10-19(28(14-29)23(15)18)20(32-4)11-21(30)27-16(2)24(17-8-6-5-7-9-17)33-13-26-22(31)12-25-3;1-8-12(5)15(13(9-2)18-7)16(6)14(17)10-11(3)4;9-7-10-6-8-4-2-1-3-5-8;1-6(2)7(3)8(4)5;1-7-5-3-2-4-6-7;1-6-4-5(9)7-2-3-8;1-4-2-3-5;1-2;2-1-3/h6,8-9,14-16,18-20,23-25H,5,7,10-13H2,1-4H3,(H,26,31)(H,27,30);11-13,15H,8-10H2,1-7H3;1-5,7H,6H2;6-7H,1-5H3;2-6H,1H3;3,6H,2,4H2,1H3,(H,7,9);3-4H,2H2,1H3;1-2H3;1H,(H2,2,3)/t15?,16-,18?,19?,20?,23?,24?;;;;;;;;/m1......../s1. The summed E-state index contributed by atoms with van der Waals surface area (Å²) in [5.41, 5.74) is 7.48. The number of primary amides is 1. The van der Waals surface area contributed by atoms with Crippen LogP contribution in [0.15, 0.2) is 84.5 Å². The number of nitrogens with one attached hydrogen (secondary N) is 6. The first kappa shape index (κ1) is 94.7. The molecule has 5 rings (SSSR count). The first-order chi connectivity index (χ1) is 45.3. The Labute approximate surface area is 572 Å². The Balaban J connectivity index is -0.000000561. The largest absolute Gasteiger partial charge is 0.463 e. The molecule has 10 unspecified atom stereocenters. The van der Waals surface area contributed by atoms with Crippen LogP contribution < -0.4 is 37.6 Å². The zero-order valence-corrected chi connectivity index (χ0v) is 61.8. The third kappa shape index (κ3) is 44.6. The molecule has 0 radical (unpaired) electrons. The maximum absolute atomic E-state index is 12.9. The van der Waals surface area contributed by atoms with Crippen molar-refractivity contribution in [3.05, 3.63) is 95.6 Å². The summed E-state index contributed by atoms with van der Waals surface area (Å²) in [5, 5.41) is 16.2. The number of fused-ring (bicyclic) bond motifs is 1. The number of likely N-dealkylation sites (N-methyl/N-ethyl adjacent to an activating group) is 4. The van der Waals surface area contributed by atoms with Crippen LogP contribution in [0.3, 0.4) is 0 Å². The van der Waals surface area contributed by atoms with E-state index in [-0.39, 0.29) is 99.2 Å². The second kappa shape index (κ2) is 60.9. The molecule has 2 aromatic carbocycles. The number of aryl methyl sites for hydroxylation is 1. The lowest BCUT2D eigenvalue weighted by Crippen LogP contribution is -2.49. The van der Waals surface area contributed by atoms with Gasteiger partial charge in [0.1, 0.15) is 32.0 Å². The van der Waals surface area contributed by atoms with Gasteiger partial charge in [-0.15, -0.1) is 0 Å². The number of benzene rings is 2. The second-order valence-corrected chi connectivity index (χ2v) is 23.8. The van der Waals surface area contributed by atoms with Crippen LogP contribution in [0.4, 0.5) is 0 Å². The maximum atomic E-state index is 12.9. The molecule has 6 amide bonds. The Bertz CT molecular complexity index is 2340. The van der Waals surface area contributed by atoms with Gasteiger partial charge in [-0.3, -0.25) is 33.6 Å². The number of carbonyl (C=O) groups is 9. The van der Waals surface area contributed by atoms with E-state index in [4.69, 9.17) is 19.0 Å². The van der Waals surface area contributed by atoms with Crippen molar-refractivity contribution in [1.29, 1.82) is 0 Å². The van der Waals surface area contributed by atoms with Crippen LogP contribution in [-0.4, -0.2) is 208 Å². The fraction of sp³-hybridized carbons (Fsp3) is 0.653. The van der Waals surface area contributed by atoms with E-state index in [0.717, 1.165) is 61.9 Å². The third-order valence-corrected chi connectivity index (χ3v) is 15.7. The van der Waals surface area contributed by atoms with Crippen molar-refractivity contribution in [2.75, 3.05) is 89.4 Å². The second-order valence-electron chi connectivity index (χ2n) is 23.8. The van der Waals surface area contributed by atoms with Crippen molar-refractivity contribution in [1.82, 2.24) is 46.6 Å². The van der Waals surface area contributed by atoms with Crippen LogP contribution in [0, 0.1) is 36.5 Å². The van der Waals surface area contributed by atoms with E-state index in [1.165, 1.54) is 5.56 Å². The van der Waals surface area contributed by atoms with E-state index in [1.54, 1.807) is 35.4 Å². The first-order valence-corrected chi connectivity index (χ1v) is 33.4. The molecule has 8 N–H and O–H groups in total. The van der Waals surface area contributed by atoms with Gasteiger partial charge in [-0.2, -0.15) is 0 Å². The molecule has 1 heterocycles. The summed E-state index contributed by atoms with van der Waals surface area (Å²) in [4.78, 5) is 102. The van der Waals surface area contributed by atoms with Gasteiger partial charge in [-0.1, -0.05) is 160 Å². The average Bonchev–Trinajstić information content (AvgIpc) is 1.57. The lowest BCUT2D eigenvalue weighted by atomic mass is 9.91. The highest BCUT2D eigenvalue weighted by Gasteiger charge is 2.59. The molecule has 3 aliphatic rings. The molecule has 544 valence electrons. The monoisotopic (exact) mass is 1340 g/mol. The van der Waals surface area contributed by atoms with Crippen LogP contribution in [0.25, 0.3) is 0 Å². The van der Waals surface area contributed by atoms with Gasteiger partial charge in [0.25, 0.3) is 6.47 Å². The normalized spacial score (nSPS) is 17.2. The van der Waals surface area contributed by atoms with Crippen LogP contribution in [0.2, 0.25) is 0 Å². The number of carbonyl (C=O) groups excluding carboxylic acids is 9. The third-order valence-electron chi connectivity index (χ3n) is 15.7. The number of nitrogens with zero attached hydrogens (tertiary/aromatic N) is 3. The fourth-order valence-corrected chi connectivity index (χ4v) is 9.98. The number of rotatable bonds is 32. The van der Waals surface area contributed by atoms with Gasteiger partial charge in [-0.05, 0) is 122 Å². The van der Waals surface area contributed by atoms with Gasteiger partial charge in [0.2, 0.25) is 36.4 Å².